The maximum absolute atomic E-state index is 12.8. The third-order valence-corrected chi connectivity index (χ3v) is 5.14. The molecule has 7 nitrogen and oxygen atoms in total. The van der Waals surface area contributed by atoms with Gasteiger partial charge in [0.1, 0.15) is 0 Å². The number of nitrogens with one attached hydrogen (secondary N) is 2. The highest BCUT2D eigenvalue weighted by Crippen LogP contribution is 2.29. The van der Waals surface area contributed by atoms with Crippen molar-refractivity contribution in [1.82, 2.24) is 9.88 Å². The van der Waals surface area contributed by atoms with Crippen molar-refractivity contribution in [2.45, 2.75) is 20.8 Å². The van der Waals surface area contributed by atoms with E-state index in [1.807, 2.05) is 6.92 Å². The van der Waals surface area contributed by atoms with Gasteiger partial charge in [0.25, 0.3) is 0 Å². The van der Waals surface area contributed by atoms with Gasteiger partial charge in [0.2, 0.25) is 5.91 Å². The first-order chi connectivity index (χ1) is 13.7. The van der Waals surface area contributed by atoms with E-state index in [0.717, 1.165) is 0 Å². The van der Waals surface area contributed by atoms with Gasteiger partial charge in [0.05, 0.1) is 47.2 Å². The van der Waals surface area contributed by atoms with Crippen molar-refractivity contribution in [3.05, 3.63) is 50.8 Å². The molecule has 156 valence electrons. The number of benzene rings is 1. The second kappa shape index (κ2) is 9.91. The monoisotopic (exact) mass is 439 g/mol. The van der Waals surface area contributed by atoms with E-state index in [9.17, 15) is 14.4 Å². The molecule has 0 saturated carbocycles. The smallest absolute Gasteiger partial charge is 0.339 e. The summed E-state index contributed by atoms with van der Waals surface area (Å²) in [6.45, 7) is 5.68. The number of aryl methyl sites for hydroxylation is 1. The molecule has 9 heteroatoms. The molecule has 0 fully saturated rings. The SMILES string of the molecule is CCN(CC(=O)Nc1c(Cl)cccc1Cl)CC(=O)c1[nH]c(C)c(C(=O)OC)c1C. The standard InChI is InChI=1S/C20H23Cl2N3O4/c1-5-25(10-16(27)24-19-13(21)7-6-8-14(19)22)9-15(26)18-11(2)17(12(3)23-18)20(28)29-4/h6-8,23H,5,9-10H2,1-4H3,(H,24,27). The zero-order valence-corrected chi connectivity index (χ0v) is 18.2. The second-order valence-electron chi connectivity index (χ2n) is 6.49. The largest absolute Gasteiger partial charge is 0.465 e. The van der Waals surface area contributed by atoms with Gasteiger partial charge in [0, 0.05) is 5.69 Å². The fourth-order valence-electron chi connectivity index (χ4n) is 3.00. The number of likely N-dealkylation sites (N-methyl/N-ethyl adjacent to an activating group) is 1. The predicted molar refractivity (Wildman–Crippen MR) is 113 cm³/mol. The van der Waals surface area contributed by atoms with E-state index < -0.39 is 5.97 Å². The number of carbonyl (C=O) groups excluding carboxylic acids is 3. The lowest BCUT2D eigenvalue weighted by atomic mass is 10.1. The van der Waals surface area contributed by atoms with Crippen LogP contribution >= 0.6 is 23.2 Å². The number of H-pyrrole nitrogens is 1. The Morgan fingerprint density at radius 3 is 2.31 bits per heavy atom. The lowest BCUT2D eigenvalue weighted by Gasteiger charge is -2.19. The number of nitrogens with zero attached hydrogens (tertiary/aromatic N) is 1. The van der Waals surface area contributed by atoms with Gasteiger partial charge in [-0.25, -0.2) is 4.79 Å². The molecule has 2 N–H and O–H groups in total. The molecule has 2 rings (SSSR count). The van der Waals surface area contributed by atoms with Crippen LogP contribution in [0.2, 0.25) is 10.0 Å². The Morgan fingerprint density at radius 2 is 1.76 bits per heavy atom. The number of para-hydroxylation sites is 1. The summed E-state index contributed by atoms with van der Waals surface area (Å²) in [5.41, 5.74) is 2.11. The summed E-state index contributed by atoms with van der Waals surface area (Å²) in [6.07, 6.45) is 0. The number of ether oxygens (including phenoxy) is 1. The number of amides is 1. The van der Waals surface area contributed by atoms with Crippen LogP contribution in [0.1, 0.15) is 39.0 Å². The zero-order chi connectivity index (χ0) is 21.7. The number of carbonyl (C=O) groups is 3. The maximum Gasteiger partial charge on any atom is 0.339 e. The van der Waals surface area contributed by atoms with E-state index in [4.69, 9.17) is 27.9 Å². The molecule has 0 saturated heterocycles. The first-order valence-corrected chi connectivity index (χ1v) is 9.72. The maximum atomic E-state index is 12.8. The summed E-state index contributed by atoms with van der Waals surface area (Å²) >= 11 is 12.1. The molecule has 0 atom stereocenters. The zero-order valence-electron chi connectivity index (χ0n) is 16.7. The summed E-state index contributed by atoms with van der Waals surface area (Å²) in [5.74, 6) is -1.07. The van der Waals surface area contributed by atoms with Gasteiger partial charge in [-0.3, -0.25) is 14.5 Å². The van der Waals surface area contributed by atoms with Gasteiger partial charge >= 0.3 is 5.97 Å². The van der Waals surface area contributed by atoms with E-state index in [1.54, 1.807) is 36.9 Å². The molecule has 0 unspecified atom stereocenters. The van der Waals surface area contributed by atoms with Crippen LogP contribution in [0.4, 0.5) is 5.69 Å². The molecule has 0 aliphatic heterocycles. The fraction of sp³-hybridized carbons (Fsp3) is 0.350. The molecule has 0 aliphatic rings. The van der Waals surface area contributed by atoms with Crippen molar-refractivity contribution in [2.75, 3.05) is 32.1 Å². The Balaban J connectivity index is 2.09. The van der Waals surface area contributed by atoms with E-state index in [2.05, 4.69) is 10.3 Å². The van der Waals surface area contributed by atoms with E-state index >= 15 is 0 Å². The molecule has 1 aromatic carbocycles. The molecule has 29 heavy (non-hydrogen) atoms. The van der Waals surface area contributed by atoms with Crippen LogP contribution in [0.5, 0.6) is 0 Å². The van der Waals surface area contributed by atoms with Crippen molar-refractivity contribution in [1.29, 1.82) is 0 Å². The topological polar surface area (TPSA) is 91.5 Å². The fourth-order valence-corrected chi connectivity index (χ4v) is 3.49. The summed E-state index contributed by atoms with van der Waals surface area (Å²) in [4.78, 5) is 41.7. The molecule has 0 radical (unpaired) electrons. The molecule has 2 aromatic rings. The quantitative estimate of drug-likeness (QED) is 0.481. The van der Waals surface area contributed by atoms with Crippen LogP contribution in [-0.2, 0) is 9.53 Å². The number of methoxy groups -OCH3 is 1. The van der Waals surface area contributed by atoms with Gasteiger partial charge in [-0.05, 0) is 38.1 Å². The van der Waals surface area contributed by atoms with E-state index in [-0.39, 0.29) is 24.8 Å². The number of anilines is 1. The average molecular weight is 440 g/mol. The van der Waals surface area contributed by atoms with Crippen LogP contribution in [0.15, 0.2) is 18.2 Å². The molecule has 1 aromatic heterocycles. The molecule has 0 spiro atoms. The van der Waals surface area contributed by atoms with Gasteiger partial charge in [-0.2, -0.15) is 0 Å². The van der Waals surface area contributed by atoms with Crippen LogP contribution in [0.3, 0.4) is 0 Å². The molecule has 0 bridgehead atoms. The third-order valence-electron chi connectivity index (χ3n) is 4.51. The van der Waals surface area contributed by atoms with Gasteiger partial charge in [0.15, 0.2) is 5.78 Å². The summed E-state index contributed by atoms with van der Waals surface area (Å²) in [7, 11) is 1.29. The van der Waals surface area contributed by atoms with Gasteiger partial charge in [-0.1, -0.05) is 36.2 Å². The molecule has 0 aliphatic carbocycles. The number of rotatable bonds is 8. The highest BCUT2D eigenvalue weighted by atomic mass is 35.5. The Kier molecular flexibility index (Phi) is 7.84. The summed E-state index contributed by atoms with van der Waals surface area (Å²) in [5, 5.41) is 3.34. The first-order valence-electron chi connectivity index (χ1n) is 8.96. The van der Waals surface area contributed by atoms with Crippen molar-refractivity contribution < 1.29 is 19.1 Å². The average Bonchev–Trinajstić information content (AvgIpc) is 2.98. The molecule has 1 amide bonds. The normalized spacial score (nSPS) is 10.9. The Labute approximate surface area is 179 Å². The Morgan fingerprint density at radius 1 is 1.14 bits per heavy atom. The number of aromatic amines is 1. The lowest BCUT2D eigenvalue weighted by Crippen LogP contribution is -2.37. The second-order valence-corrected chi connectivity index (χ2v) is 7.30. The highest BCUT2D eigenvalue weighted by Gasteiger charge is 2.24. The Bertz CT molecular complexity index is 920. The molecular weight excluding hydrogens is 417 g/mol. The minimum Gasteiger partial charge on any atom is -0.465 e. The van der Waals surface area contributed by atoms with Crippen LogP contribution in [-0.4, -0.2) is 54.3 Å². The number of aromatic nitrogens is 1. The highest BCUT2D eigenvalue weighted by molar-refractivity contribution is 6.39. The minimum absolute atomic E-state index is 0.00157. The van der Waals surface area contributed by atoms with Crippen LogP contribution in [0, 0.1) is 13.8 Å². The first kappa shape index (κ1) is 22.9. The van der Waals surface area contributed by atoms with E-state index in [1.165, 1.54) is 7.11 Å². The molecular formula is C20H23Cl2N3O4. The number of hydrogen-bond donors (Lipinski definition) is 2. The van der Waals surface area contributed by atoms with Crippen LogP contribution < -0.4 is 5.32 Å². The number of Topliss-reactive ketones (excluding diaryl/α,β-unsaturated/α-hetero) is 1. The van der Waals surface area contributed by atoms with Crippen molar-refractivity contribution in [3.63, 3.8) is 0 Å². The van der Waals surface area contributed by atoms with Gasteiger partial charge in [-0.15, -0.1) is 0 Å². The Hall–Kier alpha value is -2.35. The van der Waals surface area contributed by atoms with Crippen LogP contribution in [0.25, 0.3) is 0 Å². The lowest BCUT2D eigenvalue weighted by molar-refractivity contribution is -0.117. The number of esters is 1. The van der Waals surface area contributed by atoms with Gasteiger partial charge < -0.3 is 15.0 Å². The van der Waals surface area contributed by atoms with Crippen molar-refractivity contribution >= 4 is 46.5 Å². The summed E-state index contributed by atoms with van der Waals surface area (Å²) in [6, 6.07) is 4.93. The predicted octanol–water partition coefficient (Wildman–Crippen LogP) is 3.87. The molecule has 1 heterocycles. The van der Waals surface area contributed by atoms with E-state index in [0.29, 0.717) is 44.8 Å². The third kappa shape index (κ3) is 5.38. The number of hydrogen-bond acceptors (Lipinski definition) is 5. The van der Waals surface area contributed by atoms with Crippen molar-refractivity contribution in [2.24, 2.45) is 0 Å². The number of halogens is 2. The number of ketones is 1. The minimum atomic E-state index is -0.501. The summed E-state index contributed by atoms with van der Waals surface area (Å²) < 4.78 is 4.77. The van der Waals surface area contributed by atoms with Crippen molar-refractivity contribution in [3.8, 4) is 0 Å².